The Morgan fingerprint density at radius 3 is 2.88 bits per heavy atom. The van der Waals surface area contributed by atoms with Crippen LogP contribution < -0.4 is 9.64 Å². The average molecular weight is 403 g/mol. The van der Waals surface area contributed by atoms with Crippen molar-refractivity contribution in [1.29, 1.82) is 0 Å². The van der Waals surface area contributed by atoms with E-state index in [4.69, 9.17) is 14.3 Å². The molecule has 5 rings (SSSR count). The van der Waals surface area contributed by atoms with Gasteiger partial charge in [-0.3, -0.25) is 0 Å². The maximum atomic E-state index is 6.60. The summed E-state index contributed by atoms with van der Waals surface area (Å²) in [4.78, 5) is 1.56. The number of quaternary nitrogens is 1. The van der Waals surface area contributed by atoms with Gasteiger partial charge in [0.05, 0.1) is 45.3 Å². The predicted octanol–water partition coefficient (Wildman–Crippen LogP) is 2.59. The molecule has 0 aliphatic carbocycles. The second kappa shape index (κ2) is 5.61. The van der Waals surface area contributed by atoms with Crippen LogP contribution in [0.25, 0.3) is 0 Å². The molecule has 1 aromatic heterocycles. The Bertz CT molecular complexity index is 825. The van der Waals surface area contributed by atoms with Gasteiger partial charge in [0.15, 0.2) is 0 Å². The van der Waals surface area contributed by atoms with E-state index in [0.29, 0.717) is 0 Å². The third kappa shape index (κ3) is 2.42. The van der Waals surface area contributed by atoms with Gasteiger partial charge in [-0.2, -0.15) is 5.10 Å². The molecule has 6 heteroatoms. The molecule has 3 aliphatic rings. The van der Waals surface area contributed by atoms with Gasteiger partial charge >= 0.3 is 0 Å². The first kappa shape index (κ1) is 15.5. The van der Waals surface area contributed by atoms with Crippen molar-refractivity contribution in [3.05, 3.63) is 52.4 Å². The number of halogens is 1. The fourth-order valence-corrected chi connectivity index (χ4v) is 4.62. The molecule has 1 atom stereocenters. The fraction of sp³-hybridized carbons (Fsp3) is 0.421. The van der Waals surface area contributed by atoms with E-state index in [1.807, 2.05) is 12.1 Å². The number of hydrogen-bond donors (Lipinski definition) is 1. The van der Waals surface area contributed by atoms with Crippen LogP contribution >= 0.6 is 15.9 Å². The minimum atomic E-state index is -0.334. The number of hydrogen-bond acceptors (Lipinski definition) is 4. The van der Waals surface area contributed by atoms with Crippen molar-refractivity contribution in [3.63, 3.8) is 0 Å². The molecule has 0 bridgehead atoms. The zero-order chi connectivity index (χ0) is 17.0. The first-order valence-corrected chi connectivity index (χ1v) is 9.64. The molecule has 1 aromatic carbocycles. The van der Waals surface area contributed by atoms with Crippen LogP contribution in [-0.4, -0.2) is 36.6 Å². The normalized spacial score (nSPS) is 30.6. The summed E-state index contributed by atoms with van der Waals surface area (Å²) in [7, 11) is 2.25. The predicted molar refractivity (Wildman–Crippen MR) is 97.8 cm³/mol. The quantitative estimate of drug-likeness (QED) is 0.796. The number of rotatable bonds is 1. The van der Waals surface area contributed by atoms with Crippen LogP contribution in [0.4, 0.5) is 0 Å². The van der Waals surface area contributed by atoms with Crippen LogP contribution in [0.1, 0.15) is 36.6 Å². The molecule has 0 saturated carbocycles. The van der Waals surface area contributed by atoms with Crippen LogP contribution in [0, 0.1) is 0 Å². The van der Waals surface area contributed by atoms with Crippen LogP contribution in [-0.2, 0) is 0 Å². The monoisotopic (exact) mass is 402 g/mol. The molecule has 25 heavy (non-hydrogen) atoms. The molecular weight excluding hydrogens is 382 g/mol. The highest BCUT2D eigenvalue weighted by Gasteiger charge is 2.52. The number of ether oxygens (including phenoxy) is 1. The Labute approximate surface area is 155 Å². The highest BCUT2D eigenvalue weighted by molar-refractivity contribution is 9.10. The molecule has 130 valence electrons. The van der Waals surface area contributed by atoms with Gasteiger partial charge in [0.2, 0.25) is 5.72 Å². The van der Waals surface area contributed by atoms with E-state index in [2.05, 4.69) is 46.2 Å². The standard InChI is InChI=1S/C19H20BrN3O2/c1-22-8-6-19(7-9-22)23-16(12-15(21-23)18-3-2-10-24-18)14-11-13(20)4-5-17(14)25-19/h2-5,10-11,16H,6-9,12H2,1H3/p+1/t16-/m0/s1. The lowest BCUT2D eigenvalue weighted by molar-refractivity contribution is -0.888. The van der Waals surface area contributed by atoms with Crippen molar-refractivity contribution in [1.82, 2.24) is 5.01 Å². The molecule has 2 aromatic rings. The highest BCUT2D eigenvalue weighted by Crippen LogP contribution is 2.49. The maximum Gasteiger partial charge on any atom is 0.208 e. The maximum absolute atomic E-state index is 6.60. The van der Waals surface area contributed by atoms with Crippen molar-refractivity contribution in [3.8, 4) is 5.75 Å². The van der Waals surface area contributed by atoms with E-state index >= 15 is 0 Å². The summed E-state index contributed by atoms with van der Waals surface area (Å²) in [5.41, 5.74) is 1.88. The molecule has 1 fully saturated rings. The Morgan fingerprint density at radius 2 is 2.12 bits per heavy atom. The van der Waals surface area contributed by atoms with Gasteiger partial charge in [0, 0.05) is 16.5 Å². The number of likely N-dealkylation sites (tertiary alicyclic amines) is 1. The second-order valence-electron chi connectivity index (χ2n) is 7.28. The van der Waals surface area contributed by atoms with Crippen LogP contribution in [0.3, 0.4) is 0 Å². The molecule has 4 heterocycles. The van der Waals surface area contributed by atoms with Crippen molar-refractivity contribution in [2.45, 2.75) is 31.0 Å². The van der Waals surface area contributed by atoms with Gasteiger partial charge in [0.25, 0.3) is 0 Å². The van der Waals surface area contributed by atoms with Crippen LogP contribution in [0.15, 0.2) is 50.6 Å². The van der Waals surface area contributed by atoms with E-state index in [1.54, 1.807) is 11.2 Å². The number of benzene rings is 1. The molecule has 3 aliphatic heterocycles. The molecule has 1 saturated heterocycles. The van der Waals surface area contributed by atoms with E-state index < -0.39 is 0 Å². The summed E-state index contributed by atoms with van der Waals surface area (Å²) in [5.74, 6) is 1.86. The molecule has 0 radical (unpaired) electrons. The SMILES string of the molecule is C[NH+]1CCC2(CC1)Oc1ccc(Br)cc1[C@@H]1CC(c3ccco3)=NN12. The summed E-state index contributed by atoms with van der Waals surface area (Å²) >= 11 is 3.60. The number of furan rings is 1. The first-order valence-electron chi connectivity index (χ1n) is 8.85. The summed E-state index contributed by atoms with van der Waals surface area (Å²) < 4.78 is 13.3. The second-order valence-corrected chi connectivity index (χ2v) is 8.19. The zero-order valence-electron chi connectivity index (χ0n) is 14.2. The zero-order valence-corrected chi connectivity index (χ0v) is 15.8. The largest absolute Gasteiger partial charge is 0.466 e. The Hall–Kier alpha value is -1.79. The number of hydrazone groups is 1. The minimum absolute atomic E-state index is 0.208. The molecule has 0 unspecified atom stereocenters. The van der Waals surface area contributed by atoms with Crippen molar-refractivity contribution >= 4 is 21.6 Å². The summed E-state index contributed by atoms with van der Waals surface area (Å²) in [6.45, 7) is 2.20. The number of nitrogens with one attached hydrogen (secondary N) is 1. The van der Waals surface area contributed by atoms with E-state index in [9.17, 15) is 0 Å². The first-order chi connectivity index (χ1) is 12.1. The lowest BCUT2D eigenvalue weighted by atomic mass is 9.91. The average Bonchev–Trinajstić information content (AvgIpc) is 3.28. The van der Waals surface area contributed by atoms with E-state index in [1.165, 1.54) is 5.56 Å². The van der Waals surface area contributed by atoms with E-state index in [-0.39, 0.29) is 11.8 Å². The van der Waals surface area contributed by atoms with Gasteiger partial charge in [-0.05, 0) is 30.3 Å². The van der Waals surface area contributed by atoms with Gasteiger partial charge < -0.3 is 14.1 Å². The van der Waals surface area contributed by atoms with Gasteiger partial charge in [-0.1, -0.05) is 15.9 Å². The molecule has 1 spiro atoms. The van der Waals surface area contributed by atoms with Gasteiger partial charge in [-0.15, -0.1) is 0 Å². The van der Waals surface area contributed by atoms with Crippen molar-refractivity contribution in [2.24, 2.45) is 5.10 Å². The number of piperidine rings is 1. The highest BCUT2D eigenvalue weighted by atomic mass is 79.9. The topological polar surface area (TPSA) is 42.4 Å². The van der Waals surface area contributed by atoms with Crippen molar-refractivity contribution in [2.75, 3.05) is 20.1 Å². The minimum Gasteiger partial charge on any atom is -0.466 e. The summed E-state index contributed by atoms with van der Waals surface area (Å²) in [6, 6.07) is 10.4. The Balaban J connectivity index is 1.60. The fourth-order valence-electron chi connectivity index (χ4n) is 4.24. The lowest BCUT2D eigenvalue weighted by Gasteiger charge is -2.49. The Morgan fingerprint density at radius 1 is 1.28 bits per heavy atom. The smallest absolute Gasteiger partial charge is 0.208 e. The third-order valence-corrected chi connectivity index (χ3v) is 6.14. The lowest BCUT2D eigenvalue weighted by Crippen LogP contribution is -3.11. The molecule has 1 N–H and O–H groups in total. The third-order valence-electron chi connectivity index (χ3n) is 5.65. The van der Waals surface area contributed by atoms with E-state index in [0.717, 1.165) is 54.0 Å². The summed E-state index contributed by atoms with van der Waals surface area (Å²) in [6.07, 6.45) is 4.54. The van der Waals surface area contributed by atoms with Gasteiger partial charge in [0.1, 0.15) is 17.2 Å². The van der Waals surface area contributed by atoms with Crippen LogP contribution in [0.2, 0.25) is 0 Å². The number of nitrogens with zero attached hydrogens (tertiary/aromatic N) is 2. The number of fused-ring (bicyclic) bond motifs is 4. The molecule has 5 nitrogen and oxygen atoms in total. The van der Waals surface area contributed by atoms with Crippen molar-refractivity contribution < 1.29 is 14.1 Å². The van der Waals surface area contributed by atoms with Gasteiger partial charge in [-0.25, -0.2) is 5.01 Å². The molecular formula is C19H21BrN3O2+. The Kier molecular flexibility index (Phi) is 3.47. The van der Waals surface area contributed by atoms with Crippen LogP contribution in [0.5, 0.6) is 5.75 Å². The molecule has 0 amide bonds. The summed E-state index contributed by atoms with van der Waals surface area (Å²) in [5, 5.41) is 7.22.